The van der Waals surface area contributed by atoms with Crippen LogP contribution in [0.3, 0.4) is 0 Å². The molecule has 0 aliphatic carbocycles. The van der Waals surface area contributed by atoms with Gasteiger partial charge in [-0.3, -0.25) is 4.99 Å². The highest BCUT2D eigenvalue weighted by molar-refractivity contribution is 9.10. The van der Waals surface area contributed by atoms with Crippen molar-refractivity contribution in [2.75, 3.05) is 0 Å². The van der Waals surface area contributed by atoms with Crippen LogP contribution in [0.4, 0.5) is 0 Å². The number of aliphatic imine (C=N–C) groups is 1. The largest absolute Gasteiger partial charge is 0.312 e. The second kappa shape index (κ2) is 2.23. The lowest BCUT2D eigenvalue weighted by molar-refractivity contribution is 0.818. The van der Waals surface area contributed by atoms with Gasteiger partial charge >= 0.3 is 0 Å². The molecule has 0 aromatic heterocycles. The molecule has 0 fully saturated rings. The third kappa shape index (κ3) is 1.91. The predicted octanol–water partition coefficient (Wildman–Crippen LogP) is 1.41. The van der Waals surface area contributed by atoms with Crippen LogP contribution < -0.4 is 5.73 Å². The normalized spacial score (nSPS) is 34.3. The van der Waals surface area contributed by atoms with E-state index < -0.39 is 4.45 Å². The number of allylic oxidation sites excluding steroid dienone is 1. The van der Waals surface area contributed by atoms with Gasteiger partial charge in [0.2, 0.25) is 0 Å². The monoisotopic (exact) mass is 188 g/mol. The van der Waals surface area contributed by atoms with E-state index in [9.17, 15) is 0 Å². The Morgan fingerprint density at radius 3 is 2.89 bits per heavy atom. The molecule has 0 saturated heterocycles. The minimum Gasteiger partial charge on any atom is -0.312 e. The molecule has 1 aliphatic rings. The second-order valence-electron chi connectivity index (χ2n) is 2.23. The molecule has 1 atom stereocenters. The van der Waals surface area contributed by atoms with Crippen LogP contribution in [0.1, 0.15) is 13.3 Å². The van der Waals surface area contributed by atoms with Crippen LogP contribution in [0.2, 0.25) is 0 Å². The summed E-state index contributed by atoms with van der Waals surface area (Å²) >= 11 is 3.30. The summed E-state index contributed by atoms with van der Waals surface area (Å²) in [4.78, 5) is 4.05. The second-order valence-corrected chi connectivity index (χ2v) is 3.71. The van der Waals surface area contributed by atoms with Gasteiger partial charge in [0.15, 0.2) is 0 Å². The maximum atomic E-state index is 5.66. The lowest BCUT2D eigenvalue weighted by Gasteiger charge is -2.17. The van der Waals surface area contributed by atoms with Crippen LogP contribution in [0.15, 0.2) is 16.8 Å². The summed E-state index contributed by atoms with van der Waals surface area (Å²) in [6.45, 7) is 1.96. The van der Waals surface area contributed by atoms with Gasteiger partial charge in [-0.05, 0) is 6.92 Å². The third-order valence-corrected chi connectivity index (χ3v) is 1.72. The van der Waals surface area contributed by atoms with Gasteiger partial charge in [0.05, 0.1) is 0 Å². The first kappa shape index (κ1) is 6.96. The molecule has 2 nitrogen and oxygen atoms in total. The van der Waals surface area contributed by atoms with Gasteiger partial charge in [-0.1, -0.05) is 22.0 Å². The van der Waals surface area contributed by atoms with E-state index in [0.717, 1.165) is 12.1 Å². The van der Waals surface area contributed by atoms with E-state index in [4.69, 9.17) is 5.73 Å². The van der Waals surface area contributed by atoms with Crippen molar-refractivity contribution in [1.82, 2.24) is 0 Å². The van der Waals surface area contributed by atoms with Gasteiger partial charge < -0.3 is 5.73 Å². The van der Waals surface area contributed by atoms with E-state index in [0.29, 0.717) is 0 Å². The lowest BCUT2D eigenvalue weighted by Crippen LogP contribution is -2.34. The highest BCUT2D eigenvalue weighted by Gasteiger charge is 2.18. The molecule has 9 heavy (non-hydrogen) atoms. The van der Waals surface area contributed by atoms with E-state index in [-0.39, 0.29) is 0 Å². The fourth-order valence-electron chi connectivity index (χ4n) is 0.619. The zero-order chi connectivity index (χ0) is 6.91. The SMILES string of the molecule is CC1=CCC(N)(Br)C=N1. The lowest BCUT2D eigenvalue weighted by atomic mass is 10.2. The molecule has 2 N–H and O–H groups in total. The quantitative estimate of drug-likeness (QED) is 0.454. The van der Waals surface area contributed by atoms with E-state index in [1.54, 1.807) is 6.21 Å². The Balaban J connectivity index is 2.70. The van der Waals surface area contributed by atoms with Crippen molar-refractivity contribution in [1.29, 1.82) is 0 Å². The molecule has 0 bridgehead atoms. The smallest absolute Gasteiger partial charge is 0.111 e. The summed E-state index contributed by atoms with van der Waals surface area (Å²) in [5, 5.41) is 0. The molecule has 50 valence electrons. The molecule has 1 aliphatic heterocycles. The van der Waals surface area contributed by atoms with Crippen molar-refractivity contribution in [2.45, 2.75) is 17.8 Å². The van der Waals surface area contributed by atoms with Crippen molar-refractivity contribution in [3.05, 3.63) is 11.8 Å². The molecule has 3 heteroatoms. The molecule has 1 rings (SSSR count). The Hall–Kier alpha value is -0.150. The van der Waals surface area contributed by atoms with Crippen molar-refractivity contribution in [2.24, 2.45) is 10.7 Å². The van der Waals surface area contributed by atoms with Gasteiger partial charge in [0.25, 0.3) is 0 Å². The zero-order valence-electron chi connectivity index (χ0n) is 5.26. The van der Waals surface area contributed by atoms with Crippen LogP contribution >= 0.6 is 15.9 Å². The van der Waals surface area contributed by atoms with Gasteiger partial charge in [0, 0.05) is 18.3 Å². The van der Waals surface area contributed by atoms with Crippen LogP contribution in [0.25, 0.3) is 0 Å². The summed E-state index contributed by atoms with van der Waals surface area (Å²) in [5.74, 6) is 0. The predicted molar refractivity (Wildman–Crippen MR) is 42.7 cm³/mol. The molecule has 0 saturated carbocycles. The maximum absolute atomic E-state index is 5.66. The van der Waals surface area contributed by atoms with Crippen molar-refractivity contribution < 1.29 is 0 Å². The number of rotatable bonds is 0. The molecule has 0 amide bonds. The summed E-state index contributed by atoms with van der Waals surface area (Å²) in [7, 11) is 0. The summed E-state index contributed by atoms with van der Waals surface area (Å²) in [6, 6.07) is 0. The van der Waals surface area contributed by atoms with Crippen LogP contribution in [-0.2, 0) is 0 Å². The molecule has 0 aromatic carbocycles. The zero-order valence-corrected chi connectivity index (χ0v) is 6.85. The number of nitrogens with two attached hydrogens (primary N) is 1. The van der Waals surface area contributed by atoms with E-state index >= 15 is 0 Å². The first-order valence-corrected chi connectivity index (χ1v) is 3.59. The molecule has 1 heterocycles. The Bertz CT molecular complexity index is 170. The minimum absolute atomic E-state index is 0.396. The van der Waals surface area contributed by atoms with Gasteiger partial charge in [-0.2, -0.15) is 0 Å². The molecule has 0 radical (unpaired) electrons. The average Bonchev–Trinajstić information content (AvgIpc) is 1.78. The number of nitrogens with zero attached hydrogens (tertiary/aromatic N) is 1. The third-order valence-electron chi connectivity index (χ3n) is 1.19. The van der Waals surface area contributed by atoms with E-state index in [1.807, 2.05) is 13.0 Å². The van der Waals surface area contributed by atoms with E-state index in [2.05, 4.69) is 20.9 Å². The molecular formula is C6H9BrN2. The highest BCUT2D eigenvalue weighted by Crippen LogP contribution is 2.19. The van der Waals surface area contributed by atoms with Gasteiger partial charge in [-0.25, -0.2) is 0 Å². The first-order chi connectivity index (χ1) is 4.10. The Kier molecular flexibility index (Phi) is 1.73. The highest BCUT2D eigenvalue weighted by atomic mass is 79.9. The number of alkyl halides is 1. The first-order valence-electron chi connectivity index (χ1n) is 2.80. The average molecular weight is 189 g/mol. The molecule has 1 unspecified atom stereocenters. The van der Waals surface area contributed by atoms with Crippen LogP contribution in [-0.4, -0.2) is 10.7 Å². The topological polar surface area (TPSA) is 38.4 Å². The number of hydrogen-bond acceptors (Lipinski definition) is 2. The summed E-state index contributed by atoms with van der Waals surface area (Å²) in [5.41, 5.74) is 6.70. The Morgan fingerprint density at radius 1 is 1.89 bits per heavy atom. The van der Waals surface area contributed by atoms with Crippen molar-refractivity contribution in [3.63, 3.8) is 0 Å². The fraction of sp³-hybridized carbons (Fsp3) is 0.500. The Morgan fingerprint density at radius 2 is 2.56 bits per heavy atom. The van der Waals surface area contributed by atoms with E-state index in [1.165, 1.54) is 0 Å². The van der Waals surface area contributed by atoms with Crippen LogP contribution in [0.5, 0.6) is 0 Å². The van der Waals surface area contributed by atoms with Gasteiger partial charge in [-0.15, -0.1) is 0 Å². The molecule has 0 spiro atoms. The van der Waals surface area contributed by atoms with Crippen LogP contribution in [0, 0.1) is 0 Å². The molecular weight excluding hydrogens is 180 g/mol. The standard InChI is InChI=1S/C6H9BrN2/c1-5-2-3-6(7,8)4-9-5/h2,4H,3,8H2,1H3. The summed E-state index contributed by atoms with van der Waals surface area (Å²) in [6.07, 6.45) is 4.55. The number of halogens is 1. The Labute approximate surface area is 63.0 Å². The minimum atomic E-state index is -0.396. The molecule has 0 aromatic rings. The van der Waals surface area contributed by atoms with Crippen molar-refractivity contribution >= 4 is 22.1 Å². The van der Waals surface area contributed by atoms with Gasteiger partial charge in [0.1, 0.15) is 4.45 Å². The number of hydrogen-bond donors (Lipinski definition) is 1. The summed E-state index contributed by atoms with van der Waals surface area (Å²) < 4.78 is -0.396. The van der Waals surface area contributed by atoms with Crippen molar-refractivity contribution in [3.8, 4) is 0 Å². The fourth-order valence-corrected chi connectivity index (χ4v) is 0.883. The maximum Gasteiger partial charge on any atom is 0.111 e.